The molecule has 0 bridgehead atoms. The van der Waals surface area contributed by atoms with Crippen molar-refractivity contribution < 1.29 is 38.1 Å². The van der Waals surface area contributed by atoms with E-state index in [0.29, 0.717) is 0 Å². The second-order valence-corrected chi connectivity index (χ2v) is 7.23. The lowest BCUT2D eigenvalue weighted by Gasteiger charge is -2.37. The standard InChI is InChI=1S/C17H26N2O8/c1-5-10(20)9-6-19(16(22)18-14(9)21)15-13-12(26-17(2,3)27-13)11(25-15)7-24-8-23-4/h9,11-13,15H,5-8H2,1-4H3,(H,18,21,22)/t9?,11-,12-,13-,15-/m1/s1. The Morgan fingerprint density at radius 3 is 2.67 bits per heavy atom. The number of nitrogens with one attached hydrogen (secondary N) is 1. The lowest BCUT2D eigenvalue weighted by Crippen LogP contribution is -2.61. The van der Waals surface area contributed by atoms with Gasteiger partial charge in [-0.05, 0) is 13.8 Å². The van der Waals surface area contributed by atoms with Gasteiger partial charge in [0.2, 0.25) is 5.91 Å². The Bertz CT molecular complexity index is 610. The van der Waals surface area contributed by atoms with Gasteiger partial charge < -0.3 is 23.7 Å². The van der Waals surface area contributed by atoms with Crippen molar-refractivity contribution in [2.45, 2.75) is 57.5 Å². The van der Waals surface area contributed by atoms with E-state index in [0.717, 1.165) is 0 Å². The van der Waals surface area contributed by atoms with Gasteiger partial charge in [0.1, 0.15) is 36.8 Å². The van der Waals surface area contributed by atoms with Crippen molar-refractivity contribution in [3.63, 3.8) is 0 Å². The summed E-state index contributed by atoms with van der Waals surface area (Å²) in [5.74, 6) is -2.59. The second-order valence-electron chi connectivity index (χ2n) is 7.23. The number of urea groups is 1. The minimum atomic E-state index is -0.922. The molecule has 3 rings (SSSR count). The number of imide groups is 1. The summed E-state index contributed by atoms with van der Waals surface area (Å²) in [6.45, 7) is 5.46. The van der Waals surface area contributed by atoms with Crippen LogP contribution < -0.4 is 5.32 Å². The molecule has 152 valence electrons. The first-order chi connectivity index (χ1) is 12.8. The molecule has 10 heteroatoms. The number of nitrogens with zero attached hydrogens (tertiary/aromatic N) is 1. The number of ketones is 1. The smallest absolute Gasteiger partial charge is 0.326 e. The summed E-state index contributed by atoms with van der Waals surface area (Å²) in [5.41, 5.74) is 0. The number of ether oxygens (including phenoxy) is 5. The molecule has 1 unspecified atom stereocenters. The molecule has 3 amide bonds. The number of amides is 3. The van der Waals surface area contributed by atoms with Crippen LogP contribution in [0, 0.1) is 5.92 Å². The van der Waals surface area contributed by atoms with Gasteiger partial charge in [0.05, 0.1) is 6.61 Å². The van der Waals surface area contributed by atoms with Crippen molar-refractivity contribution in [1.29, 1.82) is 0 Å². The maximum Gasteiger partial charge on any atom is 0.326 e. The lowest BCUT2D eigenvalue weighted by atomic mass is 9.98. The molecule has 5 atom stereocenters. The number of carbonyl (C=O) groups excluding carboxylic acids is 3. The van der Waals surface area contributed by atoms with Crippen molar-refractivity contribution in [1.82, 2.24) is 10.2 Å². The number of carbonyl (C=O) groups is 3. The van der Waals surface area contributed by atoms with Crippen molar-refractivity contribution >= 4 is 17.7 Å². The molecule has 3 fully saturated rings. The monoisotopic (exact) mass is 386 g/mol. The van der Waals surface area contributed by atoms with Crippen molar-refractivity contribution in [2.75, 3.05) is 27.1 Å². The van der Waals surface area contributed by atoms with E-state index in [1.165, 1.54) is 12.0 Å². The molecular weight excluding hydrogens is 360 g/mol. The molecule has 1 N–H and O–H groups in total. The molecule has 0 aromatic carbocycles. The van der Waals surface area contributed by atoms with Crippen LogP contribution in [-0.2, 0) is 33.3 Å². The van der Waals surface area contributed by atoms with Crippen LogP contribution in [-0.4, -0.2) is 80.0 Å². The number of Topliss-reactive ketones (excluding diaryl/α,β-unsaturated/α-hetero) is 1. The Balaban J connectivity index is 1.78. The predicted octanol–water partition coefficient (Wildman–Crippen LogP) is -0.001000. The second kappa shape index (κ2) is 7.80. The molecule has 0 radical (unpaired) electrons. The number of methoxy groups -OCH3 is 1. The average Bonchev–Trinajstić information content (AvgIpc) is 3.08. The predicted molar refractivity (Wildman–Crippen MR) is 89.3 cm³/mol. The third-order valence-corrected chi connectivity index (χ3v) is 4.84. The molecule has 0 aliphatic carbocycles. The zero-order valence-electron chi connectivity index (χ0n) is 15.9. The fourth-order valence-electron chi connectivity index (χ4n) is 3.63. The number of fused-ring (bicyclic) bond motifs is 1. The highest BCUT2D eigenvalue weighted by Crippen LogP contribution is 2.40. The van der Waals surface area contributed by atoms with Gasteiger partial charge in [-0.1, -0.05) is 6.92 Å². The van der Waals surface area contributed by atoms with Gasteiger partial charge in [0.15, 0.2) is 12.0 Å². The minimum absolute atomic E-state index is 0.0549. The van der Waals surface area contributed by atoms with E-state index in [1.807, 2.05) is 0 Å². The molecule has 10 nitrogen and oxygen atoms in total. The summed E-state index contributed by atoms with van der Waals surface area (Å²) < 4.78 is 28.1. The van der Waals surface area contributed by atoms with Crippen LogP contribution in [0.4, 0.5) is 4.79 Å². The van der Waals surface area contributed by atoms with Crippen LogP contribution >= 0.6 is 0 Å². The molecule has 3 aliphatic rings. The van der Waals surface area contributed by atoms with Gasteiger partial charge in [-0.2, -0.15) is 0 Å². The topological polar surface area (TPSA) is 113 Å². The summed E-state index contributed by atoms with van der Waals surface area (Å²) in [6, 6.07) is -0.615. The van der Waals surface area contributed by atoms with Gasteiger partial charge in [-0.15, -0.1) is 0 Å². The zero-order valence-corrected chi connectivity index (χ0v) is 15.9. The third kappa shape index (κ3) is 3.99. The lowest BCUT2D eigenvalue weighted by molar-refractivity contribution is -0.210. The number of hydrogen-bond acceptors (Lipinski definition) is 8. The zero-order chi connectivity index (χ0) is 19.8. The molecule has 3 aliphatic heterocycles. The molecular formula is C17H26N2O8. The molecule has 0 spiro atoms. The highest BCUT2D eigenvalue weighted by atomic mass is 16.8. The Morgan fingerprint density at radius 1 is 1.30 bits per heavy atom. The van der Waals surface area contributed by atoms with Gasteiger partial charge in [0.25, 0.3) is 0 Å². The number of rotatable bonds is 7. The summed E-state index contributed by atoms with van der Waals surface area (Å²) in [7, 11) is 1.51. The van der Waals surface area contributed by atoms with Gasteiger partial charge >= 0.3 is 6.03 Å². The van der Waals surface area contributed by atoms with Crippen LogP contribution in [0.15, 0.2) is 0 Å². The van der Waals surface area contributed by atoms with Gasteiger partial charge in [0, 0.05) is 20.1 Å². The normalized spacial score (nSPS) is 35.3. The summed E-state index contributed by atoms with van der Waals surface area (Å²) in [5, 5.41) is 2.24. The van der Waals surface area contributed by atoms with E-state index in [1.54, 1.807) is 20.8 Å². The summed E-state index contributed by atoms with van der Waals surface area (Å²) in [6.07, 6.45) is -2.09. The first kappa shape index (κ1) is 20.2. The summed E-state index contributed by atoms with van der Waals surface area (Å²) >= 11 is 0. The Kier molecular flexibility index (Phi) is 5.82. The fraction of sp³-hybridized carbons (Fsp3) is 0.824. The average molecular weight is 386 g/mol. The highest BCUT2D eigenvalue weighted by Gasteiger charge is 2.58. The van der Waals surface area contributed by atoms with Crippen LogP contribution in [0.2, 0.25) is 0 Å². The van der Waals surface area contributed by atoms with Gasteiger partial charge in [-0.25, -0.2) is 4.79 Å². The molecule has 27 heavy (non-hydrogen) atoms. The molecule has 3 heterocycles. The van der Waals surface area contributed by atoms with E-state index in [2.05, 4.69) is 5.32 Å². The third-order valence-electron chi connectivity index (χ3n) is 4.84. The van der Waals surface area contributed by atoms with Crippen LogP contribution in [0.1, 0.15) is 27.2 Å². The van der Waals surface area contributed by atoms with Crippen LogP contribution in [0.25, 0.3) is 0 Å². The maximum atomic E-state index is 12.4. The Labute approximate surface area is 157 Å². The molecule has 3 saturated heterocycles. The molecule has 0 aromatic heterocycles. The van der Waals surface area contributed by atoms with E-state index in [-0.39, 0.29) is 32.1 Å². The minimum Gasteiger partial charge on any atom is -0.359 e. The van der Waals surface area contributed by atoms with E-state index in [4.69, 9.17) is 23.7 Å². The Morgan fingerprint density at radius 2 is 2.00 bits per heavy atom. The summed E-state index contributed by atoms with van der Waals surface area (Å²) in [4.78, 5) is 37.9. The largest absolute Gasteiger partial charge is 0.359 e. The molecule has 0 saturated carbocycles. The van der Waals surface area contributed by atoms with Crippen molar-refractivity contribution in [2.24, 2.45) is 5.92 Å². The Hall–Kier alpha value is -1.59. The van der Waals surface area contributed by atoms with Crippen LogP contribution in [0.3, 0.4) is 0 Å². The van der Waals surface area contributed by atoms with E-state index >= 15 is 0 Å². The maximum absolute atomic E-state index is 12.4. The first-order valence-electron chi connectivity index (χ1n) is 8.99. The van der Waals surface area contributed by atoms with Crippen molar-refractivity contribution in [3.05, 3.63) is 0 Å². The van der Waals surface area contributed by atoms with Crippen LogP contribution in [0.5, 0.6) is 0 Å². The molecule has 0 aromatic rings. The fourth-order valence-corrected chi connectivity index (χ4v) is 3.63. The SMILES string of the molecule is CCC(=O)C1CN([C@@H]2O[C@H](COCOC)[C@H]3OC(C)(C)O[C@H]32)C(=O)NC1=O. The number of hydrogen-bond donors (Lipinski definition) is 1. The van der Waals surface area contributed by atoms with E-state index in [9.17, 15) is 14.4 Å². The van der Waals surface area contributed by atoms with Crippen molar-refractivity contribution in [3.8, 4) is 0 Å². The quantitative estimate of drug-likeness (QED) is 0.370. The van der Waals surface area contributed by atoms with E-state index < -0.39 is 48.2 Å². The first-order valence-corrected chi connectivity index (χ1v) is 8.99. The highest BCUT2D eigenvalue weighted by molar-refractivity contribution is 6.09. The van der Waals surface area contributed by atoms with Gasteiger partial charge in [-0.3, -0.25) is 19.8 Å².